The average molecular weight is 384 g/mol. The van der Waals surface area contributed by atoms with E-state index in [-0.39, 0.29) is 42.3 Å². The number of aryl methyl sites for hydroxylation is 1. The smallest absolute Gasteiger partial charge is 0.228 e. The molecule has 146 valence electrons. The summed E-state index contributed by atoms with van der Waals surface area (Å²) in [7, 11) is 0. The molecule has 1 aliphatic carbocycles. The summed E-state index contributed by atoms with van der Waals surface area (Å²) < 4.78 is 27.8. The third-order valence-electron chi connectivity index (χ3n) is 5.38. The molecular formula is C22H22F2N2O2. The maximum absolute atomic E-state index is 14.3. The maximum Gasteiger partial charge on any atom is 0.228 e. The Morgan fingerprint density at radius 2 is 1.96 bits per heavy atom. The van der Waals surface area contributed by atoms with Crippen LogP contribution >= 0.6 is 0 Å². The van der Waals surface area contributed by atoms with Gasteiger partial charge in [-0.1, -0.05) is 18.2 Å². The van der Waals surface area contributed by atoms with Crippen molar-refractivity contribution >= 4 is 17.5 Å². The van der Waals surface area contributed by atoms with Crippen LogP contribution < -0.4 is 4.90 Å². The van der Waals surface area contributed by atoms with Gasteiger partial charge in [-0.3, -0.25) is 9.59 Å². The molecule has 4 rings (SSSR count). The predicted octanol–water partition coefficient (Wildman–Crippen LogP) is 3.82. The van der Waals surface area contributed by atoms with Gasteiger partial charge in [-0.2, -0.15) is 0 Å². The van der Waals surface area contributed by atoms with E-state index in [0.717, 1.165) is 24.0 Å². The first kappa shape index (κ1) is 18.6. The molecule has 0 N–H and O–H groups in total. The quantitative estimate of drug-likeness (QED) is 0.786. The monoisotopic (exact) mass is 384 g/mol. The molecule has 4 nitrogen and oxygen atoms in total. The fourth-order valence-corrected chi connectivity index (χ4v) is 3.78. The van der Waals surface area contributed by atoms with Crippen LogP contribution in [-0.4, -0.2) is 29.3 Å². The van der Waals surface area contributed by atoms with Crippen LogP contribution in [0.1, 0.15) is 30.4 Å². The Hall–Kier alpha value is -2.76. The number of anilines is 1. The van der Waals surface area contributed by atoms with E-state index in [4.69, 9.17) is 0 Å². The Morgan fingerprint density at radius 3 is 2.64 bits per heavy atom. The lowest BCUT2D eigenvalue weighted by molar-refractivity contribution is -0.137. The zero-order valence-electron chi connectivity index (χ0n) is 15.7. The number of amides is 2. The zero-order chi connectivity index (χ0) is 19.8. The Bertz CT molecular complexity index is 927. The minimum atomic E-state index is -0.512. The highest BCUT2D eigenvalue weighted by atomic mass is 19.1. The van der Waals surface area contributed by atoms with Gasteiger partial charge in [0.05, 0.1) is 11.6 Å². The van der Waals surface area contributed by atoms with Crippen molar-refractivity contribution in [2.45, 2.75) is 38.8 Å². The standard InChI is InChI=1S/C22H22F2N2O2/c1-14-5-8-20(19(24)9-14)26-13-16(11-21(26)27)22(28)25(18-6-7-18)12-15-3-2-4-17(23)10-15/h2-5,8-10,16,18H,6-7,11-13H2,1H3. The fourth-order valence-electron chi connectivity index (χ4n) is 3.78. The number of carbonyl (C=O) groups is 2. The molecule has 28 heavy (non-hydrogen) atoms. The van der Waals surface area contributed by atoms with Crippen molar-refractivity contribution in [3.05, 3.63) is 65.2 Å². The summed E-state index contributed by atoms with van der Waals surface area (Å²) in [6.07, 6.45) is 1.90. The van der Waals surface area contributed by atoms with Crippen LogP contribution in [0.4, 0.5) is 14.5 Å². The lowest BCUT2D eigenvalue weighted by atomic mass is 10.1. The van der Waals surface area contributed by atoms with Gasteiger partial charge in [0.2, 0.25) is 11.8 Å². The normalized spacial score (nSPS) is 19.2. The summed E-state index contributed by atoms with van der Waals surface area (Å²) in [5.74, 6) is -1.67. The van der Waals surface area contributed by atoms with Crippen molar-refractivity contribution in [2.75, 3.05) is 11.4 Å². The van der Waals surface area contributed by atoms with Crippen molar-refractivity contribution in [1.82, 2.24) is 4.90 Å². The summed E-state index contributed by atoms with van der Waals surface area (Å²) in [4.78, 5) is 28.7. The van der Waals surface area contributed by atoms with Gasteiger partial charge in [0.1, 0.15) is 11.6 Å². The number of halogens is 2. The minimum Gasteiger partial charge on any atom is -0.335 e. The Kier molecular flexibility index (Phi) is 4.87. The molecule has 1 heterocycles. The van der Waals surface area contributed by atoms with Gasteiger partial charge in [0.15, 0.2) is 0 Å². The van der Waals surface area contributed by atoms with Crippen LogP contribution in [0.2, 0.25) is 0 Å². The SMILES string of the molecule is Cc1ccc(N2CC(C(=O)N(Cc3cccc(F)c3)C3CC3)CC2=O)c(F)c1. The van der Waals surface area contributed by atoms with Crippen molar-refractivity contribution < 1.29 is 18.4 Å². The average Bonchev–Trinajstić information content (AvgIpc) is 3.42. The van der Waals surface area contributed by atoms with E-state index >= 15 is 0 Å². The van der Waals surface area contributed by atoms with E-state index in [0.29, 0.717) is 6.54 Å². The molecule has 1 aliphatic heterocycles. The zero-order valence-corrected chi connectivity index (χ0v) is 15.7. The van der Waals surface area contributed by atoms with Crippen molar-refractivity contribution in [3.8, 4) is 0 Å². The molecule has 0 bridgehead atoms. The molecule has 1 saturated heterocycles. The molecule has 2 aromatic carbocycles. The van der Waals surface area contributed by atoms with Crippen LogP contribution in [0.3, 0.4) is 0 Å². The second-order valence-corrected chi connectivity index (χ2v) is 7.69. The summed E-state index contributed by atoms with van der Waals surface area (Å²) >= 11 is 0. The van der Waals surface area contributed by atoms with Crippen LogP contribution in [0.15, 0.2) is 42.5 Å². The third kappa shape index (κ3) is 3.77. The molecule has 2 aromatic rings. The number of benzene rings is 2. The molecule has 0 aromatic heterocycles. The van der Waals surface area contributed by atoms with Gasteiger partial charge in [-0.15, -0.1) is 0 Å². The second kappa shape index (κ2) is 7.34. The van der Waals surface area contributed by atoms with Crippen LogP contribution in [-0.2, 0) is 16.1 Å². The van der Waals surface area contributed by atoms with Gasteiger partial charge in [0, 0.05) is 25.6 Å². The van der Waals surface area contributed by atoms with Crippen LogP contribution in [0, 0.1) is 24.5 Å². The van der Waals surface area contributed by atoms with Gasteiger partial charge < -0.3 is 9.80 Å². The molecule has 1 saturated carbocycles. The van der Waals surface area contributed by atoms with E-state index in [1.165, 1.54) is 23.1 Å². The molecule has 2 amide bonds. The minimum absolute atomic E-state index is 0.0680. The summed E-state index contributed by atoms with van der Waals surface area (Å²) in [5.41, 5.74) is 1.72. The van der Waals surface area contributed by atoms with Gasteiger partial charge in [-0.05, 0) is 55.2 Å². The molecule has 1 unspecified atom stereocenters. The lowest BCUT2D eigenvalue weighted by Crippen LogP contribution is -2.38. The highest BCUT2D eigenvalue weighted by Crippen LogP contribution is 2.34. The first-order valence-corrected chi connectivity index (χ1v) is 9.54. The summed E-state index contributed by atoms with van der Waals surface area (Å²) in [6.45, 7) is 2.28. The highest BCUT2D eigenvalue weighted by molar-refractivity contribution is 6.00. The Labute approximate surface area is 162 Å². The van der Waals surface area contributed by atoms with E-state index < -0.39 is 11.7 Å². The second-order valence-electron chi connectivity index (χ2n) is 7.69. The van der Waals surface area contributed by atoms with E-state index in [2.05, 4.69) is 0 Å². The molecule has 2 fully saturated rings. The molecule has 1 atom stereocenters. The summed E-state index contributed by atoms with van der Waals surface area (Å²) in [6, 6.07) is 11.1. The van der Waals surface area contributed by atoms with Crippen LogP contribution in [0.5, 0.6) is 0 Å². The van der Waals surface area contributed by atoms with Gasteiger partial charge in [0.25, 0.3) is 0 Å². The third-order valence-corrected chi connectivity index (χ3v) is 5.38. The maximum atomic E-state index is 14.3. The van der Waals surface area contributed by atoms with E-state index in [1.54, 1.807) is 36.1 Å². The van der Waals surface area contributed by atoms with Gasteiger partial charge >= 0.3 is 0 Å². The van der Waals surface area contributed by atoms with Crippen molar-refractivity contribution in [2.24, 2.45) is 5.92 Å². The van der Waals surface area contributed by atoms with Crippen molar-refractivity contribution in [1.29, 1.82) is 0 Å². The molecule has 0 radical (unpaired) electrons. The van der Waals surface area contributed by atoms with Crippen LogP contribution in [0.25, 0.3) is 0 Å². The molecule has 6 heteroatoms. The number of hydrogen-bond acceptors (Lipinski definition) is 2. The molecule has 0 spiro atoms. The van der Waals surface area contributed by atoms with E-state index in [1.807, 2.05) is 0 Å². The Morgan fingerprint density at radius 1 is 1.18 bits per heavy atom. The lowest BCUT2D eigenvalue weighted by Gasteiger charge is -2.26. The number of rotatable bonds is 5. The Balaban J connectivity index is 1.51. The first-order valence-electron chi connectivity index (χ1n) is 9.54. The van der Waals surface area contributed by atoms with Gasteiger partial charge in [-0.25, -0.2) is 8.78 Å². The highest BCUT2D eigenvalue weighted by Gasteiger charge is 2.41. The van der Waals surface area contributed by atoms with Crippen molar-refractivity contribution in [3.63, 3.8) is 0 Å². The number of hydrogen-bond donors (Lipinski definition) is 0. The topological polar surface area (TPSA) is 40.6 Å². The largest absolute Gasteiger partial charge is 0.335 e. The molecule has 2 aliphatic rings. The first-order chi connectivity index (χ1) is 13.4. The summed E-state index contributed by atoms with van der Waals surface area (Å²) in [5, 5.41) is 0. The fraction of sp³-hybridized carbons (Fsp3) is 0.364. The predicted molar refractivity (Wildman–Crippen MR) is 102 cm³/mol. The molecular weight excluding hydrogens is 362 g/mol. The number of carbonyl (C=O) groups excluding carboxylic acids is 2. The number of nitrogens with zero attached hydrogens (tertiary/aromatic N) is 2. The van der Waals surface area contributed by atoms with E-state index in [9.17, 15) is 18.4 Å².